The van der Waals surface area contributed by atoms with Gasteiger partial charge in [0.25, 0.3) is 0 Å². The van der Waals surface area contributed by atoms with Crippen LogP contribution in [-0.2, 0) is 16.1 Å². The molecule has 0 aliphatic carbocycles. The monoisotopic (exact) mass is 425 g/mol. The topological polar surface area (TPSA) is 112 Å². The van der Waals surface area contributed by atoms with E-state index in [1.165, 1.54) is 0 Å². The van der Waals surface area contributed by atoms with Crippen LogP contribution < -0.4 is 16.7 Å². The molecule has 160 valence electrons. The lowest BCUT2D eigenvalue weighted by molar-refractivity contribution is -0.118. The summed E-state index contributed by atoms with van der Waals surface area (Å²) in [5.41, 5.74) is 6.11. The third-order valence-electron chi connectivity index (χ3n) is 4.93. The fourth-order valence-electron chi connectivity index (χ4n) is 3.44. The maximum Gasteiger partial charge on any atom is 0.337 e. The van der Waals surface area contributed by atoms with Crippen molar-refractivity contribution in [2.75, 3.05) is 39.4 Å². The van der Waals surface area contributed by atoms with E-state index >= 15 is 0 Å². The summed E-state index contributed by atoms with van der Waals surface area (Å²) in [7, 11) is 0. The van der Waals surface area contributed by atoms with Crippen LogP contribution in [0.4, 0.5) is 4.79 Å². The van der Waals surface area contributed by atoms with Gasteiger partial charge in [0.15, 0.2) is 0 Å². The van der Waals surface area contributed by atoms with Crippen molar-refractivity contribution in [2.45, 2.75) is 19.9 Å². The molecule has 0 bridgehead atoms. The van der Waals surface area contributed by atoms with Crippen LogP contribution in [0.1, 0.15) is 13.3 Å². The Bertz CT molecular complexity index is 904. The van der Waals surface area contributed by atoms with Crippen LogP contribution in [0.3, 0.4) is 0 Å². The second-order valence-corrected chi connectivity index (χ2v) is 7.17. The Kier molecular flexibility index (Phi) is 8.24. The Morgan fingerprint density at radius 2 is 1.83 bits per heavy atom. The number of nitrogens with two attached hydrogens (primary N) is 1. The molecular weight excluding hydrogens is 398 g/mol. The molecule has 1 unspecified atom stereocenters. The van der Waals surface area contributed by atoms with E-state index in [-0.39, 0.29) is 37.0 Å². The van der Waals surface area contributed by atoms with E-state index in [4.69, 9.17) is 10.5 Å². The van der Waals surface area contributed by atoms with E-state index in [1.54, 1.807) is 16.7 Å². The largest absolute Gasteiger partial charge is 0.379 e. The maximum atomic E-state index is 13.0. The fraction of sp³-hybridized carbons (Fsp3) is 0.526. The highest BCUT2D eigenvalue weighted by Gasteiger charge is 2.19. The number of imidazole rings is 1. The summed E-state index contributed by atoms with van der Waals surface area (Å²) in [6, 6.07) is 6.75. The number of rotatable bonds is 7. The predicted molar refractivity (Wildman–Crippen MR) is 112 cm³/mol. The molecule has 1 aromatic heterocycles. The van der Waals surface area contributed by atoms with Gasteiger partial charge < -0.3 is 15.8 Å². The van der Waals surface area contributed by atoms with Crippen LogP contribution in [0.2, 0.25) is 0 Å². The van der Waals surface area contributed by atoms with Crippen molar-refractivity contribution in [1.29, 1.82) is 0 Å². The molecule has 1 atom stereocenters. The van der Waals surface area contributed by atoms with Crippen molar-refractivity contribution < 1.29 is 14.3 Å². The van der Waals surface area contributed by atoms with Crippen molar-refractivity contribution in [1.82, 2.24) is 19.4 Å². The van der Waals surface area contributed by atoms with E-state index in [0.717, 1.165) is 23.2 Å². The van der Waals surface area contributed by atoms with Gasteiger partial charge >= 0.3 is 11.7 Å². The number of carbonyl (C=O) groups excluding carboxylic acids is 2. The number of halogens is 1. The summed E-state index contributed by atoms with van der Waals surface area (Å²) in [5, 5.41) is 2.73. The number of fused-ring (bicyclic) bond motifs is 1. The number of hydrogen-bond donors (Lipinski definition) is 2. The summed E-state index contributed by atoms with van der Waals surface area (Å²) in [6.07, 6.45) is 0.177. The number of hydrogen-bond acceptors (Lipinski definition) is 5. The summed E-state index contributed by atoms with van der Waals surface area (Å²) in [6.45, 7) is 6.37. The first-order valence-corrected chi connectivity index (χ1v) is 9.54. The van der Waals surface area contributed by atoms with Crippen LogP contribution in [-0.4, -0.2) is 65.4 Å². The average molecular weight is 426 g/mol. The van der Waals surface area contributed by atoms with Gasteiger partial charge in [-0.3, -0.25) is 14.3 Å². The third kappa shape index (κ3) is 5.59. The fourth-order valence-corrected chi connectivity index (χ4v) is 3.44. The number of ether oxygens (including phenoxy) is 1. The molecule has 29 heavy (non-hydrogen) atoms. The Labute approximate surface area is 175 Å². The van der Waals surface area contributed by atoms with Gasteiger partial charge in [0.05, 0.1) is 24.2 Å². The number of morpholine rings is 1. The maximum absolute atomic E-state index is 13.0. The van der Waals surface area contributed by atoms with E-state index in [2.05, 4.69) is 10.2 Å². The lowest BCUT2D eigenvalue weighted by Crippen LogP contribution is -2.41. The molecule has 2 aromatic rings. The van der Waals surface area contributed by atoms with Gasteiger partial charge in [0.2, 0.25) is 5.91 Å². The minimum atomic E-state index is -0.498. The van der Waals surface area contributed by atoms with Gasteiger partial charge in [-0.1, -0.05) is 19.1 Å². The van der Waals surface area contributed by atoms with Crippen molar-refractivity contribution >= 4 is 35.4 Å². The third-order valence-corrected chi connectivity index (χ3v) is 4.93. The molecule has 2 amide bonds. The van der Waals surface area contributed by atoms with E-state index in [0.29, 0.717) is 31.8 Å². The quantitative estimate of drug-likeness (QED) is 0.675. The second-order valence-electron chi connectivity index (χ2n) is 7.17. The van der Waals surface area contributed by atoms with Gasteiger partial charge in [0, 0.05) is 39.1 Å². The molecule has 1 fully saturated rings. The molecule has 1 aromatic carbocycles. The summed E-state index contributed by atoms with van der Waals surface area (Å²) in [5.74, 6) is -0.523. The van der Waals surface area contributed by atoms with Gasteiger partial charge in [-0.25, -0.2) is 14.2 Å². The van der Waals surface area contributed by atoms with Crippen molar-refractivity contribution in [3.8, 4) is 0 Å². The molecule has 1 saturated heterocycles. The molecule has 3 N–H and O–H groups in total. The summed E-state index contributed by atoms with van der Waals surface area (Å²) >= 11 is 0. The van der Waals surface area contributed by atoms with Crippen LogP contribution in [0.5, 0.6) is 0 Å². The zero-order valence-electron chi connectivity index (χ0n) is 16.5. The van der Waals surface area contributed by atoms with Crippen LogP contribution in [0.15, 0.2) is 29.1 Å². The minimum Gasteiger partial charge on any atom is -0.379 e. The number of para-hydroxylation sites is 2. The number of nitrogens with zero attached hydrogens (tertiary/aromatic N) is 3. The normalized spacial score (nSPS) is 15.6. The highest BCUT2D eigenvalue weighted by Crippen LogP contribution is 2.13. The highest BCUT2D eigenvalue weighted by molar-refractivity contribution is 5.89. The van der Waals surface area contributed by atoms with E-state index in [9.17, 15) is 14.4 Å². The number of nitrogens with one attached hydrogen (secondary N) is 1. The minimum absolute atomic E-state index is 0. The van der Waals surface area contributed by atoms with Gasteiger partial charge in [-0.05, 0) is 18.1 Å². The molecule has 1 aliphatic heterocycles. The highest BCUT2D eigenvalue weighted by atomic mass is 35.5. The van der Waals surface area contributed by atoms with E-state index in [1.807, 2.05) is 19.1 Å². The smallest absolute Gasteiger partial charge is 0.337 e. The molecule has 0 saturated carbocycles. The Balaban J connectivity index is 0.00000300. The Hall–Kier alpha value is -2.36. The van der Waals surface area contributed by atoms with Gasteiger partial charge in [-0.2, -0.15) is 0 Å². The molecular formula is C19H28ClN5O4. The molecule has 0 radical (unpaired) electrons. The molecule has 2 heterocycles. The number of carbonyl (C=O) groups is 2. The first kappa shape index (κ1) is 22.9. The Morgan fingerprint density at radius 3 is 2.48 bits per heavy atom. The van der Waals surface area contributed by atoms with Gasteiger partial charge in [-0.15, -0.1) is 12.4 Å². The Morgan fingerprint density at radius 1 is 1.17 bits per heavy atom. The zero-order chi connectivity index (χ0) is 20.1. The van der Waals surface area contributed by atoms with Crippen LogP contribution in [0.25, 0.3) is 11.0 Å². The average Bonchev–Trinajstić information content (AvgIpc) is 2.96. The molecule has 1 aliphatic rings. The first-order valence-electron chi connectivity index (χ1n) is 9.54. The number of benzene rings is 1. The van der Waals surface area contributed by atoms with E-state index < -0.39 is 11.9 Å². The SMILES string of the molecule is CC(CNC(=O)n1c(=O)n(CCN2CCOCC2)c2ccccc21)CC(N)=O.Cl. The molecule has 9 nitrogen and oxygen atoms in total. The lowest BCUT2D eigenvalue weighted by Gasteiger charge is -2.26. The number of amides is 2. The van der Waals surface area contributed by atoms with Crippen LogP contribution in [0, 0.1) is 5.92 Å². The standard InChI is InChI=1S/C19H27N5O4.ClH/c1-14(12-17(20)25)13-21-18(26)24-16-5-3-2-4-15(16)23(19(24)27)7-6-22-8-10-28-11-9-22;/h2-5,14H,6-13H2,1H3,(H2,20,25)(H,21,26);1H. The zero-order valence-corrected chi connectivity index (χ0v) is 17.3. The number of aromatic nitrogens is 2. The van der Waals surface area contributed by atoms with Crippen LogP contribution >= 0.6 is 12.4 Å². The van der Waals surface area contributed by atoms with Crippen molar-refractivity contribution in [3.63, 3.8) is 0 Å². The number of primary amides is 1. The first-order chi connectivity index (χ1) is 13.5. The predicted octanol–water partition coefficient (Wildman–Crippen LogP) is 0.626. The van der Waals surface area contributed by atoms with Crippen molar-refractivity contribution in [2.24, 2.45) is 11.7 Å². The molecule has 10 heteroatoms. The second kappa shape index (κ2) is 10.4. The lowest BCUT2D eigenvalue weighted by atomic mass is 10.1. The van der Waals surface area contributed by atoms with Crippen molar-refractivity contribution in [3.05, 3.63) is 34.7 Å². The van der Waals surface area contributed by atoms with Gasteiger partial charge in [0.1, 0.15) is 0 Å². The summed E-state index contributed by atoms with van der Waals surface area (Å²) < 4.78 is 8.15. The molecule has 0 spiro atoms. The summed E-state index contributed by atoms with van der Waals surface area (Å²) in [4.78, 5) is 38.9. The molecule has 3 rings (SSSR count).